The fourth-order valence-corrected chi connectivity index (χ4v) is 9.76. The number of aromatic nitrogens is 2. The highest BCUT2D eigenvalue weighted by Gasteiger charge is 2.21. The first-order valence-electron chi connectivity index (χ1n) is 20.3. The van der Waals surface area contributed by atoms with Crippen molar-refractivity contribution in [2.24, 2.45) is 0 Å². The Morgan fingerprint density at radius 1 is 0.367 bits per heavy atom. The van der Waals surface area contributed by atoms with Crippen molar-refractivity contribution in [1.82, 2.24) is 9.38 Å². The molecule has 4 nitrogen and oxygen atoms in total. The summed E-state index contributed by atoms with van der Waals surface area (Å²) in [5.41, 5.74) is 10.8. The van der Waals surface area contributed by atoms with Crippen LogP contribution in [0.25, 0.3) is 126 Å². The molecule has 0 bridgehead atoms. The van der Waals surface area contributed by atoms with Gasteiger partial charge in [-0.2, -0.15) is 0 Å². The maximum Gasteiger partial charge on any atom is 0.264 e. The average Bonchev–Trinajstić information content (AvgIpc) is 3.90. The Bertz CT molecular complexity index is 3920. The van der Waals surface area contributed by atoms with Crippen molar-refractivity contribution >= 4 is 81.4 Å². The molecule has 278 valence electrons. The summed E-state index contributed by atoms with van der Waals surface area (Å²) in [5, 5.41) is 12.3. The van der Waals surface area contributed by atoms with E-state index in [0.717, 1.165) is 71.6 Å². The molecular formula is C56H32N2O2. The zero-order valence-electron chi connectivity index (χ0n) is 32.2. The summed E-state index contributed by atoms with van der Waals surface area (Å²) in [7, 11) is 0. The molecule has 0 N–H and O–H groups in total. The average molecular weight is 765 g/mol. The molecule has 4 heteroatoms. The maximum atomic E-state index is 14.1. The third-order valence-corrected chi connectivity index (χ3v) is 12.5. The Balaban J connectivity index is 0.944. The number of furan rings is 1. The molecule has 13 rings (SSSR count). The van der Waals surface area contributed by atoms with Crippen LogP contribution in [0.3, 0.4) is 0 Å². The quantitative estimate of drug-likeness (QED) is 0.168. The van der Waals surface area contributed by atoms with Gasteiger partial charge < -0.3 is 4.42 Å². The zero-order chi connectivity index (χ0) is 39.5. The van der Waals surface area contributed by atoms with Crippen molar-refractivity contribution in [2.75, 3.05) is 0 Å². The summed E-state index contributed by atoms with van der Waals surface area (Å²) in [6.45, 7) is 0. The van der Waals surface area contributed by atoms with Gasteiger partial charge in [-0.1, -0.05) is 152 Å². The second kappa shape index (κ2) is 12.5. The predicted molar refractivity (Wildman–Crippen MR) is 249 cm³/mol. The molecule has 3 heterocycles. The predicted octanol–water partition coefficient (Wildman–Crippen LogP) is 14.5. The molecular weight excluding hydrogens is 733 g/mol. The van der Waals surface area contributed by atoms with E-state index in [0.29, 0.717) is 11.2 Å². The van der Waals surface area contributed by atoms with E-state index < -0.39 is 0 Å². The number of hydrogen-bond donors (Lipinski definition) is 0. The lowest BCUT2D eigenvalue weighted by Crippen LogP contribution is -2.14. The van der Waals surface area contributed by atoms with Crippen LogP contribution < -0.4 is 5.56 Å². The highest BCUT2D eigenvalue weighted by atomic mass is 16.3. The highest BCUT2D eigenvalue weighted by Crippen LogP contribution is 2.42. The number of benzene rings is 10. The van der Waals surface area contributed by atoms with Crippen molar-refractivity contribution in [2.45, 2.75) is 0 Å². The van der Waals surface area contributed by atoms with Crippen molar-refractivity contribution in [3.05, 3.63) is 204 Å². The van der Waals surface area contributed by atoms with Gasteiger partial charge in [0.15, 0.2) is 0 Å². The van der Waals surface area contributed by atoms with Gasteiger partial charge in [-0.05, 0) is 114 Å². The van der Waals surface area contributed by atoms with Crippen LogP contribution in [0.1, 0.15) is 0 Å². The highest BCUT2D eigenvalue weighted by molar-refractivity contribution is 6.26. The third-order valence-electron chi connectivity index (χ3n) is 12.5. The Kier molecular flexibility index (Phi) is 6.84. The summed E-state index contributed by atoms with van der Waals surface area (Å²) in [5.74, 6) is 0.647. The minimum atomic E-state index is -0.0599. The van der Waals surface area contributed by atoms with E-state index in [1.54, 1.807) is 4.40 Å². The van der Waals surface area contributed by atoms with Gasteiger partial charge in [0.05, 0.1) is 11.0 Å². The van der Waals surface area contributed by atoms with Crippen LogP contribution in [0.4, 0.5) is 0 Å². The van der Waals surface area contributed by atoms with Gasteiger partial charge in [0, 0.05) is 27.1 Å². The fourth-order valence-electron chi connectivity index (χ4n) is 9.76. The number of imidazole rings is 1. The van der Waals surface area contributed by atoms with Gasteiger partial charge in [-0.3, -0.25) is 9.20 Å². The minimum absolute atomic E-state index is 0.0599. The van der Waals surface area contributed by atoms with Crippen LogP contribution in [-0.4, -0.2) is 9.38 Å². The lowest BCUT2D eigenvalue weighted by atomic mass is 9.91. The number of hydrogen-bond acceptors (Lipinski definition) is 3. The number of pyridine rings is 1. The van der Waals surface area contributed by atoms with Crippen molar-refractivity contribution in [3.63, 3.8) is 0 Å². The van der Waals surface area contributed by atoms with Gasteiger partial charge in [-0.25, -0.2) is 4.98 Å². The molecule has 0 amide bonds. The van der Waals surface area contributed by atoms with Gasteiger partial charge in [0.2, 0.25) is 0 Å². The Labute approximate surface area is 343 Å². The van der Waals surface area contributed by atoms with E-state index in [9.17, 15) is 4.79 Å². The molecule has 0 aliphatic heterocycles. The summed E-state index contributed by atoms with van der Waals surface area (Å²) in [6, 6.07) is 68.2. The molecule has 0 spiro atoms. The first-order chi connectivity index (χ1) is 29.7. The molecule has 0 atom stereocenters. The summed E-state index contributed by atoms with van der Waals surface area (Å²) >= 11 is 0. The molecule has 60 heavy (non-hydrogen) atoms. The van der Waals surface area contributed by atoms with Crippen LogP contribution >= 0.6 is 0 Å². The number of rotatable bonds is 4. The van der Waals surface area contributed by atoms with E-state index in [4.69, 9.17) is 9.40 Å². The van der Waals surface area contributed by atoms with Gasteiger partial charge >= 0.3 is 0 Å². The smallest absolute Gasteiger partial charge is 0.264 e. The van der Waals surface area contributed by atoms with E-state index in [1.807, 2.05) is 60.7 Å². The summed E-state index contributed by atoms with van der Waals surface area (Å²) in [4.78, 5) is 19.2. The van der Waals surface area contributed by atoms with Gasteiger partial charge in [-0.15, -0.1) is 0 Å². The van der Waals surface area contributed by atoms with Crippen LogP contribution in [0.2, 0.25) is 0 Å². The molecule has 3 aromatic heterocycles. The SMILES string of the molecule is O=c1c2ccccc2c2cc(-c3cccc4oc5ccc(-c6ccc(-c7ccc8c9ccccc9c9ccccc9c8c7)cc6)cc5c34)cc3nc(-c4ccccc4)n1c32. The topological polar surface area (TPSA) is 47.5 Å². The van der Waals surface area contributed by atoms with E-state index in [2.05, 4.69) is 133 Å². The molecule has 0 aliphatic carbocycles. The molecule has 0 radical (unpaired) electrons. The van der Waals surface area contributed by atoms with Crippen LogP contribution in [0, 0.1) is 0 Å². The Morgan fingerprint density at radius 3 is 1.58 bits per heavy atom. The second-order valence-corrected chi connectivity index (χ2v) is 15.8. The standard InChI is InChI=1S/C56H32N2O2/c59-56-46-18-9-8-17-44(46)48-31-38(32-50-54(48)58(56)55(57-50)35-11-2-1-3-12-35)39-19-10-20-52-53(39)49-30-37(26-28-51(49)60-52)34-23-21-33(22-24-34)36-25-27-45-42-15-5-4-13-40(42)41-14-6-7-16-43(41)47(45)29-36/h1-32H. The second-order valence-electron chi connectivity index (χ2n) is 15.8. The molecule has 10 aromatic carbocycles. The Hall–Kier alpha value is -8.08. The normalized spacial score (nSPS) is 12.1. The molecule has 0 fully saturated rings. The monoisotopic (exact) mass is 764 g/mol. The van der Waals surface area contributed by atoms with Gasteiger partial charge in [0.1, 0.15) is 17.0 Å². The molecule has 0 unspecified atom stereocenters. The van der Waals surface area contributed by atoms with Crippen molar-refractivity contribution in [1.29, 1.82) is 0 Å². The van der Waals surface area contributed by atoms with E-state index >= 15 is 0 Å². The lowest BCUT2D eigenvalue weighted by Gasteiger charge is -2.12. The summed E-state index contributed by atoms with van der Waals surface area (Å²) < 4.78 is 8.31. The van der Waals surface area contributed by atoms with Crippen LogP contribution in [-0.2, 0) is 0 Å². The Morgan fingerprint density at radius 2 is 0.900 bits per heavy atom. The maximum absolute atomic E-state index is 14.1. The first kappa shape index (κ1) is 32.9. The van der Waals surface area contributed by atoms with E-state index in [1.165, 1.54) is 43.4 Å². The molecule has 0 saturated carbocycles. The zero-order valence-corrected chi connectivity index (χ0v) is 32.2. The number of nitrogens with zero attached hydrogens (tertiary/aromatic N) is 2. The van der Waals surface area contributed by atoms with Gasteiger partial charge in [0.25, 0.3) is 5.56 Å². The first-order valence-corrected chi connectivity index (χ1v) is 20.3. The molecule has 0 saturated heterocycles. The van der Waals surface area contributed by atoms with Crippen molar-refractivity contribution in [3.8, 4) is 44.8 Å². The van der Waals surface area contributed by atoms with Crippen LogP contribution in [0.5, 0.6) is 0 Å². The largest absolute Gasteiger partial charge is 0.456 e. The molecule has 13 aromatic rings. The fraction of sp³-hybridized carbons (Fsp3) is 0. The molecule has 0 aliphatic rings. The lowest BCUT2D eigenvalue weighted by molar-refractivity contribution is 0.669. The number of fused-ring (bicyclic) bond motifs is 11. The van der Waals surface area contributed by atoms with Crippen molar-refractivity contribution < 1.29 is 4.42 Å². The van der Waals surface area contributed by atoms with Crippen LogP contribution in [0.15, 0.2) is 203 Å². The minimum Gasteiger partial charge on any atom is -0.456 e. The third kappa shape index (κ3) is 4.73. The van der Waals surface area contributed by atoms with E-state index in [-0.39, 0.29) is 5.56 Å². The summed E-state index contributed by atoms with van der Waals surface area (Å²) in [6.07, 6.45) is 0.